The van der Waals surface area contributed by atoms with Crippen LogP contribution in [-0.2, 0) is 11.2 Å². The highest BCUT2D eigenvalue weighted by Crippen LogP contribution is 2.25. The summed E-state index contributed by atoms with van der Waals surface area (Å²) in [4.78, 5) is 30.6. The topological polar surface area (TPSA) is 121 Å². The summed E-state index contributed by atoms with van der Waals surface area (Å²) in [5.41, 5.74) is 7.24. The van der Waals surface area contributed by atoms with Crippen molar-refractivity contribution >= 4 is 34.1 Å². The van der Waals surface area contributed by atoms with Crippen LogP contribution in [0.4, 0.5) is 16.0 Å². The van der Waals surface area contributed by atoms with E-state index in [0.29, 0.717) is 65.0 Å². The Bertz CT molecular complexity index is 1560. The van der Waals surface area contributed by atoms with Gasteiger partial charge in [0.2, 0.25) is 0 Å². The van der Waals surface area contributed by atoms with Crippen LogP contribution in [0.15, 0.2) is 47.7 Å². The number of nitrogen functional groups attached to an aromatic ring is 1. The Morgan fingerprint density at radius 3 is 2.78 bits per heavy atom. The zero-order chi connectivity index (χ0) is 25.8. The van der Waals surface area contributed by atoms with E-state index >= 15 is 0 Å². The van der Waals surface area contributed by atoms with Gasteiger partial charge in [0, 0.05) is 32.2 Å². The van der Waals surface area contributed by atoms with E-state index in [4.69, 9.17) is 27.1 Å². The van der Waals surface area contributed by atoms with E-state index in [1.807, 2.05) is 0 Å². The standard InChI is InChI=1S/C26H23ClFN7O2/c27-20-2-1-3-21-23(20)26(36)35(18-9-12-37-13-10-18)22(34-21)8-11-30-25-19(24(29)32-15-33-25)7-6-17-5-4-16(28)14-31-17/h1-5,14-15,18H,8-13H2,(H3,29,30,32,33). The Morgan fingerprint density at radius 2 is 2.00 bits per heavy atom. The van der Waals surface area contributed by atoms with Crippen LogP contribution in [0, 0.1) is 17.7 Å². The zero-order valence-electron chi connectivity index (χ0n) is 19.7. The Labute approximate surface area is 216 Å². The molecule has 188 valence electrons. The van der Waals surface area contributed by atoms with Gasteiger partial charge >= 0.3 is 0 Å². The first-order valence-corrected chi connectivity index (χ1v) is 12.1. The first-order chi connectivity index (χ1) is 18.0. The number of ether oxygens (including phenoxy) is 1. The second kappa shape index (κ2) is 10.9. The number of rotatable bonds is 5. The van der Waals surface area contributed by atoms with Crippen molar-refractivity contribution in [1.82, 2.24) is 24.5 Å². The molecule has 1 aromatic carbocycles. The van der Waals surface area contributed by atoms with Gasteiger partial charge in [-0.2, -0.15) is 0 Å². The third-order valence-corrected chi connectivity index (χ3v) is 6.38. The lowest BCUT2D eigenvalue weighted by atomic mass is 10.1. The molecule has 1 aliphatic rings. The second-order valence-electron chi connectivity index (χ2n) is 8.45. The average Bonchev–Trinajstić information content (AvgIpc) is 2.90. The molecule has 0 bridgehead atoms. The van der Waals surface area contributed by atoms with Gasteiger partial charge in [0.1, 0.15) is 40.9 Å². The van der Waals surface area contributed by atoms with Crippen molar-refractivity contribution < 1.29 is 9.13 Å². The summed E-state index contributed by atoms with van der Waals surface area (Å²) in [6, 6.07) is 8.00. The first kappa shape index (κ1) is 24.6. The van der Waals surface area contributed by atoms with E-state index in [1.165, 1.54) is 18.5 Å². The molecule has 0 radical (unpaired) electrons. The van der Waals surface area contributed by atoms with Gasteiger partial charge in [-0.25, -0.2) is 24.3 Å². The Kier molecular flexibility index (Phi) is 7.25. The molecule has 0 atom stereocenters. The van der Waals surface area contributed by atoms with Gasteiger partial charge in [0.15, 0.2) is 0 Å². The number of nitrogens with two attached hydrogens (primary N) is 1. The molecule has 5 rings (SSSR count). The molecule has 0 saturated carbocycles. The summed E-state index contributed by atoms with van der Waals surface area (Å²) in [6.07, 6.45) is 4.31. The van der Waals surface area contributed by atoms with Crippen LogP contribution in [-0.4, -0.2) is 44.3 Å². The molecule has 1 saturated heterocycles. The van der Waals surface area contributed by atoms with Gasteiger partial charge in [-0.05, 0) is 43.0 Å². The molecule has 9 nitrogen and oxygen atoms in total. The lowest BCUT2D eigenvalue weighted by Gasteiger charge is -2.27. The minimum atomic E-state index is -0.445. The summed E-state index contributed by atoms with van der Waals surface area (Å²) in [5.74, 6) is 6.61. The molecule has 1 fully saturated rings. The highest BCUT2D eigenvalue weighted by atomic mass is 35.5. The van der Waals surface area contributed by atoms with Crippen molar-refractivity contribution in [2.24, 2.45) is 0 Å². The average molecular weight is 520 g/mol. The largest absolute Gasteiger partial charge is 0.382 e. The molecule has 1 aliphatic heterocycles. The van der Waals surface area contributed by atoms with Gasteiger partial charge < -0.3 is 15.8 Å². The highest BCUT2D eigenvalue weighted by molar-refractivity contribution is 6.35. The minimum absolute atomic E-state index is 0.0243. The summed E-state index contributed by atoms with van der Waals surface area (Å²) >= 11 is 6.37. The van der Waals surface area contributed by atoms with Crippen molar-refractivity contribution in [2.45, 2.75) is 25.3 Å². The number of nitrogens with one attached hydrogen (secondary N) is 1. The normalized spacial score (nSPS) is 13.8. The third kappa shape index (κ3) is 5.38. The summed E-state index contributed by atoms with van der Waals surface area (Å²) in [6.45, 7) is 1.57. The smallest absolute Gasteiger partial charge is 0.263 e. The second-order valence-corrected chi connectivity index (χ2v) is 8.86. The molecular formula is C26H23ClFN7O2. The lowest BCUT2D eigenvalue weighted by molar-refractivity contribution is 0.0677. The van der Waals surface area contributed by atoms with Crippen molar-refractivity contribution in [1.29, 1.82) is 0 Å². The molecule has 37 heavy (non-hydrogen) atoms. The number of nitrogens with zero attached hydrogens (tertiary/aromatic N) is 5. The number of halogens is 2. The summed E-state index contributed by atoms with van der Waals surface area (Å²) in [7, 11) is 0. The third-order valence-electron chi connectivity index (χ3n) is 6.07. The zero-order valence-corrected chi connectivity index (χ0v) is 20.5. The van der Waals surface area contributed by atoms with Crippen molar-refractivity contribution in [2.75, 3.05) is 30.8 Å². The van der Waals surface area contributed by atoms with Crippen LogP contribution >= 0.6 is 11.6 Å². The minimum Gasteiger partial charge on any atom is -0.382 e. The van der Waals surface area contributed by atoms with E-state index in [1.54, 1.807) is 22.8 Å². The van der Waals surface area contributed by atoms with E-state index in [0.717, 1.165) is 19.0 Å². The monoisotopic (exact) mass is 519 g/mol. The van der Waals surface area contributed by atoms with Crippen LogP contribution in [0.5, 0.6) is 0 Å². The molecule has 4 aromatic rings. The number of pyridine rings is 1. The fourth-order valence-electron chi connectivity index (χ4n) is 4.27. The van der Waals surface area contributed by atoms with Crippen molar-refractivity contribution in [3.05, 3.63) is 81.1 Å². The van der Waals surface area contributed by atoms with Crippen molar-refractivity contribution in [3.63, 3.8) is 0 Å². The van der Waals surface area contributed by atoms with Crippen LogP contribution < -0.4 is 16.6 Å². The van der Waals surface area contributed by atoms with E-state index in [-0.39, 0.29) is 17.4 Å². The maximum Gasteiger partial charge on any atom is 0.263 e. The van der Waals surface area contributed by atoms with Gasteiger partial charge in [-0.3, -0.25) is 9.36 Å². The molecule has 0 aliphatic carbocycles. The molecule has 3 N–H and O–H groups in total. The predicted molar refractivity (Wildman–Crippen MR) is 139 cm³/mol. The van der Waals surface area contributed by atoms with E-state index in [9.17, 15) is 9.18 Å². The fraction of sp³-hybridized carbons (Fsp3) is 0.269. The molecule has 11 heteroatoms. The lowest BCUT2D eigenvalue weighted by Crippen LogP contribution is -2.33. The Hall–Kier alpha value is -4.07. The maximum atomic E-state index is 13.5. The van der Waals surface area contributed by atoms with Crippen LogP contribution in [0.25, 0.3) is 10.9 Å². The highest BCUT2D eigenvalue weighted by Gasteiger charge is 2.22. The SMILES string of the molecule is Nc1ncnc(NCCc2nc3cccc(Cl)c3c(=O)n2C2CCOCC2)c1C#Cc1ccc(F)cn1. The fourth-order valence-corrected chi connectivity index (χ4v) is 4.52. The van der Waals surface area contributed by atoms with Gasteiger partial charge in [-0.1, -0.05) is 23.6 Å². The molecule has 0 amide bonds. The first-order valence-electron chi connectivity index (χ1n) is 11.8. The predicted octanol–water partition coefficient (Wildman–Crippen LogP) is 3.36. The number of fused-ring (bicyclic) bond motifs is 1. The molecular weight excluding hydrogens is 497 g/mol. The van der Waals surface area contributed by atoms with Crippen molar-refractivity contribution in [3.8, 4) is 11.8 Å². The molecule has 0 unspecified atom stereocenters. The van der Waals surface area contributed by atoms with Crippen LogP contribution in [0.3, 0.4) is 0 Å². The van der Waals surface area contributed by atoms with E-state index < -0.39 is 5.82 Å². The van der Waals surface area contributed by atoms with Gasteiger partial charge in [0.25, 0.3) is 5.56 Å². The Balaban J connectivity index is 1.43. The van der Waals surface area contributed by atoms with Gasteiger partial charge in [0.05, 0.1) is 22.1 Å². The maximum absolute atomic E-state index is 13.5. The molecule has 4 heterocycles. The number of aromatic nitrogens is 5. The number of hydrogen-bond donors (Lipinski definition) is 2. The van der Waals surface area contributed by atoms with E-state index in [2.05, 4.69) is 32.1 Å². The number of benzene rings is 1. The molecule has 3 aromatic heterocycles. The van der Waals surface area contributed by atoms with Crippen LogP contribution in [0.1, 0.15) is 36.0 Å². The van der Waals surface area contributed by atoms with Crippen LogP contribution in [0.2, 0.25) is 5.02 Å². The van der Waals surface area contributed by atoms with Gasteiger partial charge in [-0.15, -0.1) is 0 Å². The summed E-state index contributed by atoms with van der Waals surface area (Å²) < 4.78 is 20.4. The molecule has 0 spiro atoms. The Morgan fingerprint density at radius 1 is 1.16 bits per heavy atom. The summed E-state index contributed by atoms with van der Waals surface area (Å²) in [5, 5.41) is 4.04. The number of anilines is 2. The quantitative estimate of drug-likeness (QED) is 0.385. The number of hydrogen-bond acceptors (Lipinski definition) is 8.